The molecule has 0 radical (unpaired) electrons. The summed E-state index contributed by atoms with van der Waals surface area (Å²) in [6.07, 6.45) is 21.3. The first-order valence-corrected chi connectivity index (χ1v) is 13.2. The minimum Gasteiger partial charge on any atom is -0.465 e. The van der Waals surface area contributed by atoms with Crippen LogP contribution >= 0.6 is 0 Å². The quantitative estimate of drug-likeness (QED) is 0.0897. The fourth-order valence-corrected chi connectivity index (χ4v) is 4.02. The molecule has 6 nitrogen and oxygen atoms in total. The molecule has 1 rings (SSSR count). The van der Waals surface area contributed by atoms with Gasteiger partial charge in [-0.3, -0.25) is 14.9 Å². The molecule has 0 amide bonds. The number of esters is 1. The summed E-state index contributed by atoms with van der Waals surface area (Å²) in [6.45, 7) is 2.68. The van der Waals surface area contributed by atoms with Crippen molar-refractivity contribution in [2.45, 2.75) is 122 Å². The molecule has 0 spiro atoms. The molecule has 0 heterocycles. The van der Waals surface area contributed by atoms with E-state index >= 15 is 0 Å². The topological polar surface area (TPSA) is 95.5 Å². The lowest BCUT2D eigenvalue weighted by Gasteiger charge is -2.11. The molecule has 0 aliphatic carbocycles. The Kier molecular flexibility index (Phi) is 17.2. The molecule has 188 valence electrons. The molecule has 2 N–H and O–H groups in total. The first-order chi connectivity index (χ1) is 16.0. The molecule has 0 fully saturated rings. The molecule has 0 aliphatic rings. The zero-order valence-corrected chi connectivity index (χ0v) is 20.8. The zero-order valence-electron chi connectivity index (χ0n) is 20.8. The summed E-state index contributed by atoms with van der Waals surface area (Å²) in [4.78, 5) is 22.3. The van der Waals surface area contributed by atoms with Gasteiger partial charge in [0.2, 0.25) is 0 Å². The monoisotopic (exact) mass is 462 g/mol. The second-order valence-corrected chi connectivity index (χ2v) is 9.20. The number of rotatable bonds is 21. The lowest BCUT2D eigenvalue weighted by Crippen LogP contribution is -2.34. The lowest BCUT2D eigenvalue weighted by molar-refractivity contribution is -0.384. The van der Waals surface area contributed by atoms with Crippen LogP contribution in [-0.4, -0.2) is 23.5 Å². The maximum absolute atomic E-state index is 12.0. The van der Waals surface area contributed by atoms with Crippen LogP contribution in [0.15, 0.2) is 24.3 Å². The number of benzene rings is 1. The Balaban J connectivity index is 1.90. The first kappa shape index (κ1) is 29.1. The van der Waals surface area contributed by atoms with Gasteiger partial charge in [0.05, 0.1) is 11.5 Å². The van der Waals surface area contributed by atoms with Gasteiger partial charge in [0, 0.05) is 12.1 Å². The fraction of sp³-hybridized carbons (Fsp3) is 0.741. The van der Waals surface area contributed by atoms with Crippen LogP contribution in [0.4, 0.5) is 5.69 Å². The minimum absolute atomic E-state index is 0.0263. The number of nitro groups is 1. The Morgan fingerprint density at radius 2 is 1.24 bits per heavy atom. The molecule has 0 saturated heterocycles. The number of nitrogens with two attached hydrogens (primary N) is 1. The summed E-state index contributed by atoms with van der Waals surface area (Å²) >= 11 is 0. The predicted octanol–water partition coefficient (Wildman–Crippen LogP) is 7.27. The Bertz CT molecular complexity index is 634. The third kappa shape index (κ3) is 15.5. The van der Waals surface area contributed by atoms with Crippen molar-refractivity contribution in [3.05, 3.63) is 39.9 Å². The van der Waals surface area contributed by atoms with E-state index in [0.29, 0.717) is 13.0 Å². The minimum atomic E-state index is -0.743. The van der Waals surface area contributed by atoms with Crippen LogP contribution in [-0.2, 0) is 16.0 Å². The highest BCUT2D eigenvalue weighted by atomic mass is 16.6. The summed E-state index contributed by atoms with van der Waals surface area (Å²) in [5.74, 6) is -0.408. The number of carbonyl (C=O) groups excluding carboxylic acids is 1. The maximum atomic E-state index is 12.0. The molecule has 1 aromatic carbocycles. The van der Waals surface area contributed by atoms with Crippen molar-refractivity contribution < 1.29 is 14.5 Å². The molecule has 6 heteroatoms. The number of carbonyl (C=O) groups is 1. The van der Waals surface area contributed by atoms with Crippen LogP contribution in [0.25, 0.3) is 0 Å². The van der Waals surface area contributed by atoms with E-state index in [1.807, 2.05) is 0 Å². The van der Waals surface area contributed by atoms with E-state index < -0.39 is 16.9 Å². The number of hydrogen-bond acceptors (Lipinski definition) is 5. The number of unbranched alkanes of at least 4 members (excludes halogenated alkanes) is 15. The molecule has 0 saturated carbocycles. The van der Waals surface area contributed by atoms with Gasteiger partial charge in [0.25, 0.3) is 5.69 Å². The highest BCUT2D eigenvalue weighted by Crippen LogP contribution is 2.15. The SMILES string of the molecule is CCCCCCCCCCCCCCCCCCOC(=O)[C@@H](N)Cc1ccc([N+](=O)[O-])cc1. The second kappa shape index (κ2) is 19.5. The van der Waals surface area contributed by atoms with E-state index in [-0.39, 0.29) is 5.69 Å². The average molecular weight is 463 g/mol. The van der Waals surface area contributed by atoms with Crippen molar-refractivity contribution in [1.82, 2.24) is 0 Å². The van der Waals surface area contributed by atoms with Crippen LogP contribution < -0.4 is 5.73 Å². The van der Waals surface area contributed by atoms with Gasteiger partial charge in [-0.2, -0.15) is 0 Å². The van der Waals surface area contributed by atoms with Crippen LogP contribution in [0.1, 0.15) is 115 Å². The molecular weight excluding hydrogens is 416 g/mol. The number of non-ortho nitro benzene ring substituents is 1. The van der Waals surface area contributed by atoms with Gasteiger partial charge >= 0.3 is 5.97 Å². The van der Waals surface area contributed by atoms with Crippen molar-refractivity contribution in [2.75, 3.05) is 6.61 Å². The van der Waals surface area contributed by atoms with Gasteiger partial charge in [-0.1, -0.05) is 115 Å². The van der Waals surface area contributed by atoms with E-state index in [4.69, 9.17) is 10.5 Å². The van der Waals surface area contributed by atoms with Gasteiger partial charge in [-0.25, -0.2) is 0 Å². The third-order valence-electron chi connectivity index (χ3n) is 6.15. The van der Waals surface area contributed by atoms with Gasteiger partial charge in [-0.05, 0) is 18.4 Å². The highest BCUT2D eigenvalue weighted by molar-refractivity contribution is 5.75. The van der Waals surface area contributed by atoms with Crippen LogP contribution in [0.3, 0.4) is 0 Å². The van der Waals surface area contributed by atoms with E-state index in [1.165, 1.54) is 102 Å². The van der Waals surface area contributed by atoms with Crippen molar-refractivity contribution in [3.63, 3.8) is 0 Å². The van der Waals surface area contributed by atoms with Crippen LogP contribution in [0, 0.1) is 10.1 Å². The molecule has 33 heavy (non-hydrogen) atoms. The third-order valence-corrected chi connectivity index (χ3v) is 6.15. The standard InChI is InChI=1S/C27H46N2O4/c1-2-3-4-5-6-7-8-9-10-11-12-13-14-15-16-17-22-33-27(30)26(28)23-24-18-20-25(21-19-24)29(31)32/h18-21,26H,2-17,22-23,28H2,1H3/t26-/m0/s1. The summed E-state index contributed by atoms with van der Waals surface area (Å²) in [6, 6.07) is 5.35. The molecule has 1 aromatic rings. The van der Waals surface area contributed by atoms with Gasteiger partial charge in [0.15, 0.2) is 0 Å². The Labute approximate surface area is 200 Å². The van der Waals surface area contributed by atoms with Gasteiger partial charge in [0.1, 0.15) is 6.04 Å². The molecule has 0 unspecified atom stereocenters. The fourth-order valence-electron chi connectivity index (χ4n) is 4.02. The van der Waals surface area contributed by atoms with Crippen LogP contribution in [0.5, 0.6) is 0 Å². The van der Waals surface area contributed by atoms with E-state index in [2.05, 4.69) is 6.92 Å². The highest BCUT2D eigenvalue weighted by Gasteiger charge is 2.16. The summed E-state index contributed by atoms with van der Waals surface area (Å²) in [7, 11) is 0. The van der Waals surface area contributed by atoms with E-state index in [1.54, 1.807) is 12.1 Å². The molecule has 0 aromatic heterocycles. The summed E-state index contributed by atoms with van der Waals surface area (Å²) < 4.78 is 5.28. The largest absolute Gasteiger partial charge is 0.465 e. The predicted molar refractivity (Wildman–Crippen MR) is 135 cm³/mol. The smallest absolute Gasteiger partial charge is 0.323 e. The van der Waals surface area contributed by atoms with Crippen molar-refractivity contribution in [1.29, 1.82) is 0 Å². The lowest BCUT2D eigenvalue weighted by atomic mass is 10.0. The Hall–Kier alpha value is -1.95. The molecular formula is C27H46N2O4. The number of nitrogens with zero attached hydrogens (tertiary/aromatic N) is 1. The first-order valence-electron chi connectivity index (χ1n) is 13.2. The van der Waals surface area contributed by atoms with Crippen molar-refractivity contribution >= 4 is 11.7 Å². The van der Waals surface area contributed by atoms with E-state index in [9.17, 15) is 14.9 Å². The summed E-state index contributed by atoms with van der Waals surface area (Å²) in [5.41, 5.74) is 6.72. The van der Waals surface area contributed by atoms with E-state index in [0.717, 1.165) is 18.4 Å². The molecule has 0 aliphatic heterocycles. The zero-order chi connectivity index (χ0) is 24.2. The Morgan fingerprint density at radius 3 is 1.67 bits per heavy atom. The van der Waals surface area contributed by atoms with Gasteiger partial charge < -0.3 is 10.5 Å². The molecule has 0 bridgehead atoms. The average Bonchev–Trinajstić information content (AvgIpc) is 2.81. The maximum Gasteiger partial charge on any atom is 0.323 e. The number of nitro benzene ring substituents is 1. The van der Waals surface area contributed by atoms with Crippen molar-refractivity contribution in [2.24, 2.45) is 5.73 Å². The Morgan fingerprint density at radius 1 is 0.818 bits per heavy atom. The molecule has 1 atom stereocenters. The normalized spacial score (nSPS) is 11.9. The number of ether oxygens (including phenoxy) is 1. The second-order valence-electron chi connectivity index (χ2n) is 9.20. The number of hydrogen-bond donors (Lipinski definition) is 1. The van der Waals surface area contributed by atoms with Gasteiger partial charge in [-0.15, -0.1) is 0 Å². The van der Waals surface area contributed by atoms with Crippen LogP contribution in [0.2, 0.25) is 0 Å². The summed E-state index contributed by atoms with van der Waals surface area (Å²) in [5, 5.41) is 10.7. The van der Waals surface area contributed by atoms with Crippen molar-refractivity contribution in [3.8, 4) is 0 Å².